The molecule has 0 atom stereocenters. The van der Waals surface area contributed by atoms with E-state index in [4.69, 9.17) is 0 Å². The molecule has 0 bridgehead atoms. The largest absolute Gasteiger partial charge is 0.417 e. The number of fused-ring (bicyclic) bond motifs is 1. The number of benzene rings is 1. The van der Waals surface area contributed by atoms with E-state index in [1.165, 1.54) is 34.2 Å². The molecule has 1 saturated heterocycles. The van der Waals surface area contributed by atoms with E-state index in [9.17, 15) is 27.6 Å². The second-order valence-corrected chi connectivity index (χ2v) is 8.03. The predicted molar refractivity (Wildman–Crippen MR) is 114 cm³/mol. The molecule has 0 unspecified atom stereocenters. The van der Waals surface area contributed by atoms with Crippen molar-refractivity contribution in [1.29, 1.82) is 0 Å². The molecule has 1 fully saturated rings. The van der Waals surface area contributed by atoms with Gasteiger partial charge in [0, 0.05) is 32.7 Å². The van der Waals surface area contributed by atoms with Crippen molar-refractivity contribution in [2.75, 3.05) is 37.6 Å². The molecular formula is C23H23F3N4O3. The van der Waals surface area contributed by atoms with Gasteiger partial charge < -0.3 is 9.80 Å². The first-order valence-corrected chi connectivity index (χ1v) is 10.8. The number of alkyl halides is 3. The number of piperazine rings is 1. The van der Waals surface area contributed by atoms with E-state index in [1.54, 1.807) is 6.07 Å². The van der Waals surface area contributed by atoms with Crippen LogP contribution in [0.5, 0.6) is 0 Å². The average molecular weight is 460 g/mol. The van der Waals surface area contributed by atoms with Gasteiger partial charge in [0.2, 0.25) is 0 Å². The summed E-state index contributed by atoms with van der Waals surface area (Å²) in [5, 5.41) is 0. The van der Waals surface area contributed by atoms with Gasteiger partial charge in [-0.15, -0.1) is 0 Å². The highest BCUT2D eigenvalue weighted by molar-refractivity contribution is 6.20. The normalized spacial score (nSPS) is 16.4. The lowest BCUT2D eigenvalue weighted by molar-refractivity contribution is -0.138. The van der Waals surface area contributed by atoms with Crippen LogP contribution in [0.15, 0.2) is 36.5 Å². The first-order chi connectivity index (χ1) is 15.7. The molecule has 0 aliphatic carbocycles. The van der Waals surface area contributed by atoms with Crippen LogP contribution in [-0.2, 0) is 6.18 Å². The van der Waals surface area contributed by atoms with Crippen molar-refractivity contribution in [2.45, 2.75) is 25.9 Å². The maximum Gasteiger partial charge on any atom is 0.417 e. The Bertz CT molecular complexity index is 1090. The number of unbranched alkanes of at least 4 members (excludes halogenated alkanes) is 1. The minimum absolute atomic E-state index is 0.137. The summed E-state index contributed by atoms with van der Waals surface area (Å²) < 4.78 is 39.8. The Hall–Kier alpha value is -3.43. The molecule has 0 N–H and O–H groups in total. The number of carbonyl (C=O) groups excluding carboxylic acids is 3. The van der Waals surface area contributed by atoms with E-state index in [0.29, 0.717) is 31.7 Å². The van der Waals surface area contributed by atoms with E-state index in [2.05, 4.69) is 4.98 Å². The van der Waals surface area contributed by atoms with Gasteiger partial charge in [-0.25, -0.2) is 4.98 Å². The second kappa shape index (κ2) is 8.84. The molecule has 1 aromatic carbocycles. The number of imide groups is 1. The molecule has 0 saturated carbocycles. The first-order valence-electron chi connectivity index (χ1n) is 10.8. The Balaban J connectivity index is 1.46. The van der Waals surface area contributed by atoms with Crippen molar-refractivity contribution >= 4 is 23.4 Å². The van der Waals surface area contributed by atoms with Crippen LogP contribution in [0.1, 0.15) is 56.5 Å². The van der Waals surface area contributed by atoms with E-state index in [0.717, 1.165) is 12.5 Å². The van der Waals surface area contributed by atoms with Crippen molar-refractivity contribution in [2.24, 2.45) is 0 Å². The van der Waals surface area contributed by atoms with Crippen LogP contribution in [-0.4, -0.2) is 65.2 Å². The third-order valence-corrected chi connectivity index (χ3v) is 5.93. The number of halogens is 3. The summed E-state index contributed by atoms with van der Waals surface area (Å²) in [7, 11) is 0. The van der Waals surface area contributed by atoms with Crippen molar-refractivity contribution in [3.8, 4) is 0 Å². The molecule has 0 spiro atoms. The number of hydrogen-bond acceptors (Lipinski definition) is 5. The van der Waals surface area contributed by atoms with Crippen LogP contribution >= 0.6 is 0 Å². The summed E-state index contributed by atoms with van der Waals surface area (Å²) in [6, 6.07) is 6.40. The molecule has 7 nitrogen and oxygen atoms in total. The molecule has 1 aromatic heterocycles. The lowest BCUT2D eigenvalue weighted by Crippen LogP contribution is -2.49. The van der Waals surface area contributed by atoms with Gasteiger partial charge in [0.15, 0.2) is 0 Å². The minimum atomic E-state index is -4.61. The minimum Gasteiger partial charge on any atom is -0.367 e. The standard InChI is InChI=1S/C23H23F3N4O3/c1-2-3-8-30-21(32)17-13-15(14-27-19(17)22(30)33)28-9-11-29(12-10-28)20(31)16-6-4-5-7-18(16)23(24,25)26/h4-7,13-14H,2-3,8-12H2,1H3. The fourth-order valence-electron chi connectivity index (χ4n) is 4.10. The average Bonchev–Trinajstić information content (AvgIpc) is 3.05. The smallest absolute Gasteiger partial charge is 0.367 e. The zero-order chi connectivity index (χ0) is 23.8. The van der Waals surface area contributed by atoms with Gasteiger partial charge >= 0.3 is 6.18 Å². The predicted octanol–water partition coefficient (Wildman–Crippen LogP) is 3.46. The molecule has 174 valence electrons. The van der Waals surface area contributed by atoms with Gasteiger partial charge in [0.25, 0.3) is 17.7 Å². The molecule has 10 heteroatoms. The molecule has 2 aliphatic heterocycles. The van der Waals surface area contributed by atoms with E-state index in [-0.39, 0.29) is 35.8 Å². The van der Waals surface area contributed by atoms with Gasteiger partial charge in [0.05, 0.1) is 28.6 Å². The Morgan fingerprint density at radius 2 is 1.76 bits per heavy atom. The number of amides is 3. The van der Waals surface area contributed by atoms with Gasteiger partial charge in [-0.05, 0) is 24.6 Å². The second-order valence-electron chi connectivity index (χ2n) is 8.03. The van der Waals surface area contributed by atoms with Crippen LogP contribution in [0, 0.1) is 0 Å². The van der Waals surface area contributed by atoms with E-state index >= 15 is 0 Å². The van der Waals surface area contributed by atoms with Crippen molar-refractivity contribution < 1.29 is 27.6 Å². The molecule has 0 radical (unpaired) electrons. The van der Waals surface area contributed by atoms with Crippen molar-refractivity contribution in [1.82, 2.24) is 14.8 Å². The highest BCUT2D eigenvalue weighted by atomic mass is 19.4. The van der Waals surface area contributed by atoms with Crippen LogP contribution in [0.3, 0.4) is 0 Å². The Labute approximate surface area is 188 Å². The van der Waals surface area contributed by atoms with E-state index in [1.807, 2.05) is 11.8 Å². The molecule has 2 aliphatic rings. The summed E-state index contributed by atoms with van der Waals surface area (Å²) in [4.78, 5) is 46.6. The number of hydrogen-bond donors (Lipinski definition) is 0. The first kappa shape index (κ1) is 22.8. The van der Waals surface area contributed by atoms with Crippen LogP contribution in [0.2, 0.25) is 0 Å². The quantitative estimate of drug-likeness (QED) is 0.639. The molecular weight excluding hydrogens is 437 g/mol. The molecule has 33 heavy (non-hydrogen) atoms. The number of nitrogens with zero attached hydrogens (tertiary/aromatic N) is 4. The summed E-state index contributed by atoms with van der Waals surface area (Å²) in [6.45, 7) is 3.49. The molecule has 2 aromatic rings. The number of aromatic nitrogens is 1. The van der Waals surface area contributed by atoms with Gasteiger partial charge in [-0.2, -0.15) is 13.2 Å². The Morgan fingerprint density at radius 3 is 2.42 bits per heavy atom. The fraction of sp³-hybridized carbons (Fsp3) is 0.391. The third kappa shape index (κ3) is 4.29. The highest BCUT2D eigenvalue weighted by Crippen LogP contribution is 2.33. The van der Waals surface area contributed by atoms with Crippen LogP contribution < -0.4 is 4.90 Å². The molecule has 4 rings (SSSR count). The summed E-state index contributed by atoms with van der Waals surface area (Å²) in [5.41, 5.74) is -0.288. The zero-order valence-electron chi connectivity index (χ0n) is 18.1. The van der Waals surface area contributed by atoms with Gasteiger partial charge in [0.1, 0.15) is 5.69 Å². The third-order valence-electron chi connectivity index (χ3n) is 5.93. The van der Waals surface area contributed by atoms with Gasteiger partial charge in [-0.3, -0.25) is 19.3 Å². The fourth-order valence-corrected chi connectivity index (χ4v) is 4.10. The Morgan fingerprint density at radius 1 is 1.06 bits per heavy atom. The lowest BCUT2D eigenvalue weighted by atomic mass is 10.1. The number of pyridine rings is 1. The Kier molecular flexibility index (Phi) is 6.09. The highest BCUT2D eigenvalue weighted by Gasteiger charge is 2.38. The SMILES string of the molecule is CCCCN1C(=O)c2cc(N3CCN(C(=O)c4ccccc4C(F)(F)F)CC3)cnc2C1=O. The van der Waals surface area contributed by atoms with Crippen LogP contribution in [0.25, 0.3) is 0 Å². The molecule has 3 amide bonds. The monoisotopic (exact) mass is 460 g/mol. The van der Waals surface area contributed by atoms with Crippen LogP contribution in [0.4, 0.5) is 18.9 Å². The molecule has 3 heterocycles. The summed E-state index contributed by atoms with van der Waals surface area (Å²) in [5.74, 6) is -1.42. The van der Waals surface area contributed by atoms with Crippen molar-refractivity contribution in [3.05, 3.63) is 58.9 Å². The number of anilines is 1. The summed E-state index contributed by atoms with van der Waals surface area (Å²) >= 11 is 0. The number of carbonyl (C=O) groups is 3. The van der Waals surface area contributed by atoms with Crippen molar-refractivity contribution in [3.63, 3.8) is 0 Å². The lowest BCUT2D eigenvalue weighted by Gasteiger charge is -2.36. The van der Waals surface area contributed by atoms with Gasteiger partial charge in [-0.1, -0.05) is 25.5 Å². The summed E-state index contributed by atoms with van der Waals surface area (Å²) in [6.07, 6.45) is -1.53. The zero-order valence-corrected chi connectivity index (χ0v) is 18.1. The maximum atomic E-state index is 13.3. The topological polar surface area (TPSA) is 73.8 Å². The maximum absolute atomic E-state index is 13.3. The number of rotatable bonds is 5. The van der Waals surface area contributed by atoms with E-state index < -0.39 is 23.6 Å².